The molecule has 1 saturated carbocycles. The molecule has 3 unspecified atom stereocenters. The van der Waals surface area contributed by atoms with Crippen LogP contribution < -0.4 is 0 Å². The normalized spacial score (nSPS) is 45.8. The highest BCUT2D eigenvalue weighted by molar-refractivity contribution is 6.21. The van der Waals surface area contributed by atoms with Crippen molar-refractivity contribution in [2.75, 3.05) is 7.11 Å². The summed E-state index contributed by atoms with van der Waals surface area (Å²) >= 11 is 5.83. The largest absolute Gasteiger partial charge is 0.380 e. The second kappa shape index (κ2) is 3.72. The van der Waals surface area contributed by atoms with Gasteiger partial charge >= 0.3 is 0 Å². The van der Waals surface area contributed by atoms with Crippen LogP contribution in [0.25, 0.3) is 0 Å². The standard InChI is InChI=1S/C8H14ClFO/c1-5-3-4-6(11-2)7(9)8(5)10/h5-8H,3-4H2,1-2H3/t5-,6?,7?,8?/m1/s1. The lowest BCUT2D eigenvalue weighted by atomic mass is 9.87. The minimum Gasteiger partial charge on any atom is -0.380 e. The molecule has 0 aliphatic heterocycles. The zero-order valence-corrected chi connectivity index (χ0v) is 7.64. The zero-order valence-electron chi connectivity index (χ0n) is 6.89. The summed E-state index contributed by atoms with van der Waals surface area (Å²) in [5, 5.41) is -0.455. The van der Waals surface area contributed by atoms with Gasteiger partial charge in [0.15, 0.2) is 0 Å². The average Bonchev–Trinajstić information content (AvgIpc) is 2.01. The third kappa shape index (κ3) is 1.85. The predicted octanol–water partition coefficient (Wildman–Crippen LogP) is 2.38. The van der Waals surface area contributed by atoms with Gasteiger partial charge in [-0.05, 0) is 18.8 Å². The van der Waals surface area contributed by atoms with Crippen LogP contribution in [0.15, 0.2) is 0 Å². The molecule has 0 heterocycles. The molecule has 1 nitrogen and oxygen atoms in total. The Morgan fingerprint density at radius 3 is 2.64 bits per heavy atom. The first-order chi connectivity index (χ1) is 5.16. The zero-order chi connectivity index (χ0) is 8.43. The summed E-state index contributed by atoms with van der Waals surface area (Å²) in [5.41, 5.74) is 0. The molecular weight excluding hydrogens is 167 g/mol. The molecule has 1 rings (SSSR count). The topological polar surface area (TPSA) is 9.23 Å². The minimum absolute atomic E-state index is 0.0869. The molecule has 0 spiro atoms. The summed E-state index contributed by atoms with van der Waals surface area (Å²) < 4.78 is 18.2. The van der Waals surface area contributed by atoms with Gasteiger partial charge in [-0.2, -0.15) is 0 Å². The molecule has 0 aromatic heterocycles. The van der Waals surface area contributed by atoms with Crippen LogP contribution in [0, 0.1) is 5.92 Å². The van der Waals surface area contributed by atoms with E-state index in [1.165, 1.54) is 0 Å². The quantitative estimate of drug-likeness (QED) is 0.563. The number of hydrogen-bond donors (Lipinski definition) is 0. The molecule has 0 amide bonds. The molecule has 0 radical (unpaired) electrons. The fourth-order valence-electron chi connectivity index (χ4n) is 1.51. The highest BCUT2D eigenvalue weighted by atomic mass is 35.5. The van der Waals surface area contributed by atoms with Gasteiger partial charge in [-0.15, -0.1) is 11.6 Å². The molecule has 3 heteroatoms. The van der Waals surface area contributed by atoms with Gasteiger partial charge in [0.05, 0.1) is 11.5 Å². The molecule has 4 atom stereocenters. The van der Waals surface area contributed by atoms with E-state index in [0.717, 1.165) is 12.8 Å². The maximum absolute atomic E-state index is 13.2. The van der Waals surface area contributed by atoms with Crippen LogP contribution in [0.4, 0.5) is 4.39 Å². The van der Waals surface area contributed by atoms with Crippen molar-refractivity contribution in [2.24, 2.45) is 5.92 Å². The van der Waals surface area contributed by atoms with Crippen molar-refractivity contribution in [2.45, 2.75) is 37.4 Å². The maximum Gasteiger partial charge on any atom is 0.121 e. The van der Waals surface area contributed by atoms with Gasteiger partial charge in [0, 0.05) is 7.11 Å². The second-order valence-electron chi connectivity index (χ2n) is 3.22. The number of methoxy groups -OCH3 is 1. The van der Waals surface area contributed by atoms with Crippen molar-refractivity contribution < 1.29 is 9.13 Å². The average molecular weight is 181 g/mol. The summed E-state index contributed by atoms with van der Waals surface area (Å²) in [6.45, 7) is 1.89. The fourth-order valence-corrected chi connectivity index (χ4v) is 1.99. The third-order valence-electron chi connectivity index (χ3n) is 2.41. The summed E-state index contributed by atoms with van der Waals surface area (Å²) in [7, 11) is 1.59. The summed E-state index contributed by atoms with van der Waals surface area (Å²) in [4.78, 5) is 0. The fraction of sp³-hybridized carbons (Fsp3) is 1.00. The van der Waals surface area contributed by atoms with E-state index < -0.39 is 11.5 Å². The minimum atomic E-state index is -0.907. The van der Waals surface area contributed by atoms with E-state index in [0.29, 0.717) is 0 Å². The van der Waals surface area contributed by atoms with E-state index in [4.69, 9.17) is 16.3 Å². The Labute approximate surface area is 71.9 Å². The Morgan fingerprint density at radius 1 is 1.45 bits per heavy atom. The van der Waals surface area contributed by atoms with Gasteiger partial charge in [0.2, 0.25) is 0 Å². The van der Waals surface area contributed by atoms with Crippen LogP contribution in [0.3, 0.4) is 0 Å². The van der Waals surface area contributed by atoms with Gasteiger partial charge in [-0.1, -0.05) is 6.92 Å². The Kier molecular flexibility index (Phi) is 3.14. The SMILES string of the molecule is COC1CC[C@@H](C)C(F)C1Cl. The Balaban J connectivity index is 2.52. The van der Waals surface area contributed by atoms with Crippen molar-refractivity contribution >= 4 is 11.6 Å². The molecule has 1 aliphatic carbocycles. The van der Waals surface area contributed by atoms with Crippen molar-refractivity contribution in [3.8, 4) is 0 Å². The predicted molar refractivity (Wildman–Crippen MR) is 43.7 cm³/mol. The summed E-state index contributed by atoms with van der Waals surface area (Å²) in [6.07, 6.45) is 0.757. The molecule has 0 saturated heterocycles. The van der Waals surface area contributed by atoms with E-state index in [1.807, 2.05) is 6.92 Å². The highest BCUT2D eigenvalue weighted by Crippen LogP contribution is 2.31. The van der Waals surface area contributed by atoms with Gasteiger partial charge in [0.1, 0.15) is 6.17 Å². The number of hydrogen-bond acceptors (Lipinski definition) is 1. The summed E-state index contributed by atoms with van der Waals surface area (Å²) in [6, 6.07) is 0. The van der Waals surface area contributed by atoms with Crippen LogP contribution in [0.5, 0.6) is 0 Å². The van der Waals surface area contributed by atoms with Crippen molar-refractivity contribution in [1.29, 1.82) is 0 Å². The molecule has 1 fully saturated rings. The molecule has 66 valence electrons. The maximum atomic E-state index is 13.2. The molecule has 1 aliphatic rings. The van der Waals surface area contributed by atoms with E-state index in [1.54, 1.807) is 7.11 Å². The van der Waals surface area contributed by atoms with E-state index in [2.05, 4.69) is 0 Å². The first-order valence-corrected chi connectivity index (χ1v) is 4.41. The van der Waals surface area contributed by atoms with Crippen molar-refractivity contribution in [3.63, 3.8) is 0 Å². The number of rotatable bonds is 1. The molecule has 0 bridgehead atoms. The molecule has 11 heavy (non-hydrogen) atoms. The molecular formula is C8H14ClFO. The highest BCUT2D eigenvalue weighted by Gasteiger charge is 2.36. The lowest BCUT2D eigenvalue weighted by Crippen LogP contribution is -2.40. The van der Waals surface area contributed by atoms with Gasteiger partial charge in [0.25, 0.3) is 0 Å². The van der Waals surface area contributed by atoms with E-state index >= 15 is 0 Å². The van der Waals surface area contributed by atoms with Crippen LogP contribution >= 0.6 is 11.6 Å². The number of alkyl halides is 2. The number of halogens is 2. The van der Waals surface area contributed by atoms with Gasteiger partial charge in [-0.25, -0.2) is 4.39 Å². The van der Waals surface area contributed by atoms with Gasteiger partial charge in [-0.3, -0.25) is 0 Å². The Hall–Kier alpha value is 0.180. The van der Waals surface area contributed by atoms with Crippen LogP contribution in [0.1, 0.15) is 19.8 Å². The second-order valence-corrected chi connectivity index (χ2v) is 3.72. The molecule has 0 N–H and O–H groups in total. The van der Waals surface area contributed by atoms with Crippen LogP contribution in [-0.4, -0.2) is 24.8 Å². The summed E-state index contributed by atoms with van der Waals surface area (Å²) in [5.74, 6) is 0.0869. The smallest absolute Gasteiger partial charge is 0.121 e. The van der Waals surface area contributed by atoms with Gasteiger partial charge < -0.3 is 4.74 Å². The Bertz CT molecular complexity index is 129. The Morgan fingerprint density at radius 2 is 2.09 bits per heavy atom. The third-order valence-corrected chi connectivity index (χ3v) is 2.93. The lowest BCUT2D eigenvalue weighted by molar-refractivity contribution is 0.0242. The van der Waals surface area contributed by atoms with Crippen LogP contribution in [-0.2, 0) is 4.74 Å². The van der Waals surface area contributed by atoms with Crippen molar-refractivity contribution in [1.82, 2.24) is 0 Å². The first kappa shape index (κ1) is 9.27. The van der Waals surface area contributed by atoms with Crippen LogP contribution in [0.2, 0.25) is 0 Å². The molecule has 0 aromatic carbocycles. The molecule has 0 aromatic rings. The lowest BCUT2D eigenvalue weighted by Gasteiger charge is -2.33. The van der Waals surface area contributed by atoms with E-state index in [-0.39, 0.29) is 12.0 Å². The number of ether oxygens (including phenoxy) is 1. The van der Waals surface area contributed by atoms with E-state index in [9.17, 15) is 4.39 Å². The van der Waals surface area contributed by atoms with Crippen molar-refractivity contribution in [3.05, 3.63) is 0 Å². The monoisotopic (exact) mass is 180 g/mol. The first-order valence-electron chi connectivity index (χ1n) is 3.97.